The second-order valence-electron chi connectivity index (χ2n) is 5.79. The van der Waals surface area contributed by atoms with Crippen LogP contribution in [-0.2, 0) is 11.2 Å². The highest BCUT2D eigenvalue weighted by molar-refractivity contribution is 5.78. The number of hydrogen-bond donors (Lipinski definition) is 1. The number of rotatable bonds is 5. The van der Waals surface area contributed by atoms with Crippen molar-refractivity contribution in [1.29, 1.82) is 0 Å². The molecule has 0 bridgehead atoms. The number of nitro benzene ring substituents is 1. The number of benzene rings is 1. The maximum Gasteiger partial charge on any atom is 0.269 e. The summed E-state index contributed by atoms with van der Waals surface area (Å²) in [4.78, 5) is 23.9. The van der Waals surface area contributed by atoms with E-state index < -0.39 is 10.5 Å². The Morgan fingerprint density at radius 3 is 2.71 bits per heavy atom. The number of amides is 1. The summed E-state index contributed by atoms with van der Waals surface area (Å²) in [5.74, 6) is -0.143. The van der Waals surface area contributed by atoms with Gasteiger partial charge in [0.2, 0.25) is 5.91 Å². The van der Waals surface area contributed by atoms with Crippen LogP contribution in [0.3, 0.4) is 0 Å². The van der Waals surface area contributed by atoms with E-state index in [1.54, 1.807) is 19.2 Å². The molecule has 2 rings (SSSR count). The number of hydrogen-bond acceptors (Lipinski definition) is 4. The van der Waals surface area contributed by atoms with Crippen molar-refractivity contribution < 1.29 is 14.8 Å². The molecular weight excluding hydrogens is 272 g/mol. The molecule has 0 aliphatic heterocycles. The second kappa shape index (κ2) is 6.22. The standard InChI is InChI=1S/C15H20N2O4/c1-16(11-15(19)7-2-3-8-15)14(18)10-12-5-4-6-13(9-12)17(20)21/h4-6,9,19H,2-3,7-8,10-11H2,1H3. The van der Waals surface area contributed by atoms with E-state index in [9.17, 15) is 20.0 Å². The molecular formula is C15H20N2O4. The summed E-state index contributed by atoms with van der Waals surface area (Å²) in [5.41, 5.74) is -0.176. The highest BCUT2D eigenvalue weighted by Crippen LogP contribution is 2.30. The minimum Gasteiger partial charge on any atom is -0.388 e. The number of likely N-dealkylation sites (N-methyl/N-ethyl adjacent to an activating group) is 1. The fourth-order valence-corrected chi connectivity index (χ4v) is 2.81. The molecule has 1 aliphatic rings. The Hall–Kier alpha value is -1.95. The molecule has 1 saturated carbocycles. The van der Waals surface area contributed by atoms with Gasteiger partial charge < -0.3 is 10.0 Å². The van der Waals surface area contributed by atoms with Gasteiger partial charge in [-0.25, -0.2) is 0 Å². The Bertz CT molecular complexity index is 538. The van der Waals surface area contributed by atoms with Crippen LogP contribution in [0.1, 0.15) is 31.2 Å². The number of carbonyl (C=O) groups is 1. The van der Waals surface area contributed by atoms with Crippen LogP contribution in [-0.4, -0.2) is 40.0 Å². The van der Waals surface area contributed by atoms with Gasteiger partial charge in [0.1, 0.15) is 0 Å². The first-order valence-electron chi connectivity index (χ1n) is 7.09. The lowest BCUT2D eigenvalue weighted by Gasteiger charge is -2.28. The van der Waals surface area contributed by atoms with Crippen LogP contribution in [0.4, 0.5) is 5.69 Å². The van der Waals surface area contributed by atoms with Crippen molar-refractivity contribution >= 4 is 11.6 Å². The largest absolute Gasteiger partial charge is 0.388 e. The van der Waals surface area contributed by atoms with Gasteiger partial charge >= 0.3 is 0 Å². The molecule has 1 N–H and O–H groups in total. The van der Waals surface area contributed by atoms with Gasteiger partial charge in [-0.15, -0.1) is 0 Å². The van der Waals surface area contributed by atoms with Crippen LogP contribution in [0.25, 0.3) is 0 Å². The number of non-ortho nitro benzene ring substituents is 1. The molecule has 114 valence electrons. The first kappa shape index (κ1) is 15.4. The highest BCUT2D eigenvalue weighted by atomic mass is 16.6. The summed E-state index contributed by atoms with van der Waals surface area (Å²) in [5, 5.41) is 21.0. The zero-order chi connectivity index (χ0) is 15.5. The van der Waals surface area contributed by atoms with E-state index in [0.717, 1.165) is 25.7 Å². The fourth-order valence-electron chi connectivity index (χ4n) is 2.81. The summed E-state index contributed by atoms with van der Waals surface area (Å²) in [6, 6.07) is 6.09. The minimum atomic E-state index is -0.771. The van der Waals surface area contributed by atoms with Crippen molar-refractivity contribution in [3.8, 4) is 0 Å². The third kappa shape index (κ3) is 4.01. The molecule has 0 radical (unpaired) electrons. The molecule has 1 aliphatic carbocycles. The predicted molar refractivity (Wildman–Crippen MR) is 77.9 cm³/mol. The average Bonchev–Trinajstić information content (AvgIpc) is 2.85. The Morgan fingerprint density at radius 2 is 2.10 bits per heavy atom. The number of aliphatic hydroxyl groups is 1. The van der Waals surface area contributed by atoms with Gasteiger partial charge in [-0.1, -0.05) is 25.0 Å². The Labute approximate surface area is 123 Å². The molecule has 0 unspecified atom stereocenters. The summed E-state index contributed by atoms with van der Waals surface area (Å²) >= 11 is 0. The summed E-state index contributed by atoms with van der Waals surface area (Å²) in [6.07, 6.45) is 3.53. The normalized spacial score (nSPS) is 16.7. The van der Waals surface area contributed by atoms with E-state index in [4.69, 9.17) is 0 Å². The lowest BCUT2D eigenvalue weighted by molar-refractivity contribution is -0.384. The van der Waals surface area contributed by atoms with Crippen molar-refractivity contribution in [2.45, 2.75) is 37.7 Å². The van der Waals surface area contributed by atoms with Crippen molar-refractivity contribution in [3.05, 3.63) is 39.9 Å². The quantitative estimate of drug-likeness (QED) is 0.663. The number of nitrogens with zero attached hydrogens (tertiary/aromatic N) is 2. The lowest BCUT2D eigenvalue weighted by Crippen LogP contribution is -2.42. The first-order chi connectivity index (χ1) is 9.89. The van der Waals surface area contributed by atoms with Gasteiger partial charge in [0, 0.05) is 25.7 Å². The van der Waals surface area contributed by atoms with E-state index in [0.29, 0.717) is 12.1 Å². The summed E-state index contributed by atoms with van der Waals surface area (Å²) < 4.78 is 0. The second-order valence-corrected chi connectivity index (χ2v) is 5.79. The predicted octanol–water partition coefficient (Wildman–Crippen LogP) is 1.90. The first-order valence-corrected chi connectivity index (χ1v) is 7.09. The SMILES string of the molecule is CN(CC1(O)CCCC1)C(=O)Cc1cccc([N+](=O)[O-])c1. The van der Waals surface area contributed by atoms with E-state index >= 15 is 0 Å². The molecule has 1 aromatic carbocycles. The Kier molecular flexibility index (Phi) is 4.57. The van der Waals surface area contributed by atoms with Crippen molar-refractivity contribution in [1.82, 2.24) is 4.90 Å². The zero-order valence-electron chi connectivity index (χ0n) is 12.1. The molecule has 21 heavy (non-hydrogen) atoms. The molecule has 1 fully saturated rings. The maximum absolute atomic E-state index is 12.2. The Morgan fingerprint density at radius 1 is 1.43 bits per heavy atom. The van der Waals surface area contributed by atoms with Crippen LogP contribution in [0.5, 0.6) is 0 Å². The monoisotopic (exact) mass is 292 g/mol. The van der Waals surface area contributed by atoms with E-state index in [-0.39, 0.29) is 18.0 Å². The molecule has 0 aromatic heterocycles. The van der Waals surface area contributed by atoms with E-state index in [1.807, 2.05) is 0 Å². The lowest BCUT2D eigenvalue weighted by atomic mass is 10.0. The maximum atomic E-state index is 12.2. The van der Waals surface area contributed by atoms with Gasteiger partial charge in [-0.2, -0.15) is 0 Å². The third-order valence-corrected chi connectivity index (χ3v) is 3.97. The van der Waals surface area contributed by atoms with Crippen LogP contribution >= 0.6 is 0 Å². The van der Waals surface area contributed by atoms with Crippen molar-refractivity contribution in [2.75, 3.05) is 13.6 Å². The van der Waals surface area contributed by atoms with E-state index in [2.05, 4.69) is 0 Å². The van der Waals surface area contributed by atoms with Crippen molar-refractivity contribution in [2.24, 2.45) is 0 Å². The number of carbonyl (C=O) groups excluding carboxylic acids is 1. The van der Waals surface area contributed by atoms with Gasteiger partial charge in [0.25, 0.3) is 5.69 Å². The zero-order valence-corrected chi connectivity index (χ0v) is 12.1. The third-order valence-electron chi connectivity index (χ3n) is 3.97. The molecule has 0 spiro atoms. The summed E-state index contributed by atoms with van der Waals surface area (Å²) in [7, 11) is 1.66. The topological polar surface area (TPSA) is 83.7 Å². The highest BCUT2D eigenvalue weighted by Gasteiger charge is 2.33. The molecule has 6 nitrogen and oxygen atoms in total. The number of nitro groups is 1. The molecule has 0 saturated heterocycles. The molecule has 1 amide bonds. The van der Waals surface area contributed by atoms with E-state index in [1.165, 1.54) is 17.0 Å². The molecule has 0 atom stereocenters. The van der Waals surface area contributed by atoms with Crippen LogP contribution < -0.4 is 0 Å². The summed E-state index contributed by atoms with van der Waals surface area (Å²) in [6.45, 7) is 0.320. The molecule has 0 heterocycles. The molecule has 1 aromatic rings. The average molecular weight is 292 g/mol. The Balaban J connectivity index is 1.97. The molecule has 6 heteroatoms. The van der Waals surface area contributed by atoms with Crippen molar-refractivity contribution in [3.63, 3.8) is 0 Å². The van der Waals surface area contributed by atoms with Crippen LogP contribution in [0, 0.1) is 10.1 Å². The van der Waals surface area contributed by atoms with Crippen LogP contribution in [0.15, 0.2) is 24.3 Å². The van der Waals surface area contributed by atoms with Crippen LogP contribution in [0.2, 0.25) is 0 Å². The van der Waals surface area contributed by atoms with Gasteiger partial charge in [-0.3, -0.25) is 14.9 Å². The minimum absolute atomic E-state index is 0.0163. The fraction of sp³-hybridized carbons (Fsp3) is 0.533. The van der Waals surface area contributed by atoms with Gasteiger partial charge in [-0.05, 0) is 18.4 Å². The van der Waals surface area contributed by atoms with Gasteiger partial charge in [0.05, 0.1) is 16.9 Å². The van der Waals surface area contributed by atoms with Gasteiger partial charge in [0.15, 0.2) is 0 Å². The smallest absolute Gasteiger partial charge is 0.269 e.